The molecule has 2 fully saturated rings. The third-order valence-corrected chi connectivity index (χ3v) is 5.57. The molecule has 2 aromatic heterocycles. The van der Waals surface area contributed by atoms with Crippen LogP contribution in [0.3, 0.4) is 0 Å². The van der Waals surface area contributed by atoms with E-state index in [-0.39, 0.29) is 23.7 Å². The first-order valence-electron chi connectivity index (χ1n) is 9.87. The molecule has 4 heterocycles. The predicted octanol–water partition coefficient (Wildman–Crippen LogP) is 0.166. The van der Waals surface area contributed by atoms with Crippen LogP contribution in [0.25, 0.3) is 11.2 Å². The number of anilines is 1. The second-order valence-corrected chi connectivity index (χ2v) is 7.51. The Bertz CT molecular complexity index is 1300. The van der Waals surface area contributed by atoms with Crippen LogP contribution in [0.1, 0.15) is 18.1 Å². The van der Waals surface area contributed by atoms with Crippen LogP contribution in [0.15, 0.2) is 46.5 Å². The van der Waals surface area contributed by atoms with Crippen molar-refractivity contribution in [3.05, 3.63) is 69.1 Å². The number of ether oxygens (including phenoxy) is 3. The predicted molar refractivity (Wildman–Crippen MR) is 109 cm³/mol. The van der Waals surface area contributed by atoms with Crippen molar-refractivity contribution in [2.24, 2.45) is 0 Å². The Morgan fingerprint density at radius 3 is 2.62 bits per heavy atom. The standard InChI is InChI=1S/C20H20FN5O6/c1-2-7-25-12-15(23-19(22)24-16(12)28)26(20(25)29)17-14-13(11(8-27)30-17)31-18(32-14)9-3-5-10(21)6-4-9/h2-6,11,13-14,17-18,27H,1,7-8H2,(H3,22,23,24,28)/t11-,13-,14-,17-,18?/m1/s1. The number of fused-ring (bicyclic) bond motifs is 2. The smallest absolute Gasteiger partial charge is 0.333 e. The molecule has 1 aromatic carbocycles. The monoisotopic (exact) mass is 445 g/mol. The summed E-state index contributed by atoms with van der Waals surface area (Å²) in [6.07, 6.45) is -2.79. The molecule has 0 radical (unpaired) electrons. The van der Waals surface area contributed by atoms with Gasteiger partial charge in [-0.05, 0) is 12.1 Å². The quantitative estimate of drug-likeness (QED) is 0.471. The number of halogens is 1. The number of imidazole rings is 1. The lowest BCUT2D eigenvalue weighted by Gasteiger charge is -2.20. The van der Waals surface area contributed by atoms with Gasteiger partial charge in [-0.3, -0.25) is 14.3 Å². The Morgan fingerprint density at radius 2 is 1.94 bits per heavy atom. The molecule has 4 N–H and O–H groups in total. The second kappa shape index (κ2) is 7.67. The van der Waals surface area contributed by atoms with Gasteiger partial charge >= 0.3 is 5.69 Å². The Balaban J connectivity index is 1.61. The topological polar surface area (TPSA) is 147 Å². The molecule has 0 amide bonds. The summed E-state index contributed by atoms with van der Waals surface area (Å²) in [6.45, 7) is 3.28. The number of benzene rings is 1. The summed E-state index contributed by atoms with van der Waals surface area (Å²) < 4.78 is 33.5. The van der Waals surface area contributed by atoms with Crippen LogP contribution in [0, 0.1) is 5.82 Å². The van der Waals surface area contributed by atoms with Crippen molar-refractivity contribution >= 4 is 17.1 Å². The Kier molecular flexibility index (Phi) is 4.93. The molecular formula is C20H20FN5O6. The number of aromatic nitrogens is 4. The minimum atomic E-state index is -1.06. The molecule has 0 aliphatic carbocycles. The van der Waals surface area contributed by atoms with E-state index in [1.165, 1.54) is 39.5 Å². The number of hydrogen-bond donors (Lipinski definition) is 3. The molecule has 32 heavy (non-hydrogen) atoms. The molecule has 0 bridgehead atoms. The molecule has 168 valence electrons. The van der Waals surface area contributed by atoms with E-state index in [1.54, 1.807) is 0 Å². The van der Waals surface area contributed by atoms with E-state index in [1.807, 2.05) is 0 Å². The molecule has 3 aromatic rings. The highest BCUT2D eigenvalue weighted by Crippen LogP contribution is 2.44. The van der Waals surface area contributed by atoms with Crippen molar-refractivity contribution in [3.8, 4) is 0 Å². The maximum atomic E-state index is 13.3. The first kappa shape index (κ1) is 20.6. The molecule has 0 saturated carbocycles. The Morgan fingerprint density at radius 1 is 1.22 bits per heavy atom. The summed E-state index contributed by atoms with van der Waals surface area (Å²) in [6, 6.07) is 5.60. The van der Waals surface area contributed by atoms with Crippen molar-refractivity contribution in [2.75, 3.05) is 12.3 Å². The van der Waals surface area contributed by atoms with E-state index < -0.39 is 54.5 Å². The number of rotatable bonds is 5. The van der Waals surface area contributed by atoms with E-state index in [2.05, 4.69) is 16.5 Å². The molecular weight excluding hydrogens is 425 g/mol. The van der Waals surface area contributed by atoms with Gasteiger partial charge in [0.25, 0.3) is 5.56 Å². The van der Waals surface area contributed by atoms with E-state index in [0.29, 0.717) is 5.56 Å². The zero-order chi connectivity index (χ0) is 22.6. The first-order chi connectivity index (χ1) is 15.4. The molecule has 0 spiro atoms. The minimum Gasteiger partial charge on any atom is -0.394 e. The largest absolute Gasteiger partial charge is 0.394 e. The summed E-state index contributed by atoms with van der Waals surface area (Å²) in [5, 5.41) is 9.82. The van der Waals surface area contributed by atoms with E-state index >= 15 is 0 Å². The Hall–Kier alpha value is -3.32. The highest BCUT2D eigenvalue weighted by molar-refractivity contribution is 5.72. The van der Waals surface area contributed by atoms with E-state index in [9.17, 15) is 19.1 Å². The van der Waals surface area contributed by atoms with Crippen molar-refractivity contribution in [2.45, 2.75) is 37.4 Å². The van der Waals surface area contributed by atoms with Crippen LogP contribution in [-0.4, -0.2) is 49.1 Å². The lowest BCUT2D eigenvalue weighted by atomic mass is 10.1. The minimum absolute atomic E-state index is 0.00528. The van der Waals surface area contributed by atoms with Gasteiger partial charge in [0, 0.05) is 12.1 Å². The Labute approximate surface area is 179 Å². The number of nitrogens with two attached hydrogens (primary N) is 1. The summed E-state index contributed by atoms with van der Waals surface area (Å²) in [7, 11) is 0. The van der Waals surface area contributed by atoms with Gasteiger partial charge in [0.1, 0.15) is 24.1 Å². The average molecular weight is 445 g/mol. The molecule has 5 atom stereocenters. The molecule has 2 aliphatic rings. The fourth-order valence-electron chi connectivity index (χ4n) is 4.19. The number of nitrogens with one attached hydrogen (secondary N) is 1. The van der Waals surface area contributed by atoms with Crippen LogP contribution in [0.5, 0.6) is 0 Å². The lowest BCUT2D eigenvalue weighted by Crippen LogP contribution is -2.34. The molecule has 2 aliphatic heterocycles. The number of aliphatic hydroxyl groups is 1. The van der Waals surface area contributed by atoms with E-state index in [0.717, 1.165) is 0 Å². The van der Waals surface area contributed by atoms with Crippen LogP contribution in [-0.2, 0) is 20.8 Å². The van der Waals surface area contributed by atoms with Crippen LogP contribution >= 0.6 is 0 Å². The lowest BCUT2D eigenvalue weighted by molar-refractivity contribution is -0.154. The summed E-state index contributed by atoms with van der Waals surface area (Å²) in [5.74, 6) is -0.579. The molecule has 11 nitrogen and oxygen atoms in total. The van der Waals surface area contributed by atoms with Crippen molar-refractivity contribution in [1.29, 1.82) is 0 Å². The third-order valence-electron chi connectivity index (χ3n) is 5.57. The van der Waals surface area contributed by atoms with Crippen LogP contribution in [0.2, 0.25) is 0 Å². The number of aliphatic hydroxyl groups excluding tert-OH is 1. The molecule has 12 heteroatoms. The number of aromatic amines is 1. The number of hydrogen-bond acceptors (Lipinski definition) is 8. The summed E-state index contributed by atoms with van der Waals surface area (Å²) in [4.78, 5) is 32.3. The fourth-order valence-corrected chi connectivity index (χ4v) is 4.19. The number of nitrogens with zero attached hydrogens (tertiary/aromatic N) is 3. The van der Waals surface area contributed by atoms with Gasteiger partial charge in [0.2, 0.25) is 5.95 Å². The zero-order valence-electron chi connectivity index (χ0n) is 16.7. The van der Waals surface area contributed by atoms with Gasteiger partial charge in [-0.1, -0.05) is 18.2 Å². The van der Waals surface area contributed by atoms with Crippen LogP contribution in [0.4, 0.5) is 10.3 Å². The molecule has 2 saturated heterocycles. The maximum Gasteiger partial charge on any atom is 0.333 e. The first-order valence-corrected chi connectivity index (χ1v) is 9.87. The SMILES string of the molecule is C=CCn1c(=O)n([C@@H]2O[C@H](CO)[C@H]3OC(c4ccc(F)cc4)O[C@H]32)c2nc(N)[nH]c(=O)c21. The van der Waals surface area contributed by atoms with Gasteiger partial charge in [-0.2, -0.15) is 4.98 Å². The number of nitrogen functional groups attached to an aromatic ring is 1. The summed E-state index contributed by atoms with van der Waals surface area (Å²) >= 11 is 0. The van der Waals surface area contributed by atoms with Crippen LogP contribution < -0.4 is 17.0 Å². The van der Waals surface area contributed by atoms with Crippen molar-refractivity contribution in [1.82, 2.24) is 19.1 Å². The van der Waals surface area contributed by atoms with Gasteiger partial charge in [-0.25, -0.2) is 13.8 Å². The average Bonchev–Trinajstić information content (AvgIpc) is 3.40. The van der Waals surface area contributed by atoms with Gasteiger partial charge in [-0.15, -0.1) is 6.58 Å². The number of H-pyrrole nitrogens is 1. The van der Waals surface area contributed by atoms with Gasteiger partial charge in [0.15, 0.2) is 23.7 Å². The highest BCUT2D eigenvalue weighted by Gasteiger charge is 2.54. The zero-order valence-corrected chi connectivity index (χ0v) is 16.7. The second-order valence-electron chi connectivity index (χ2n) is 7.51. The van der Waals surface area contributed by atoms with Crippen molar-refractivity contribution < 1.29 is 23.7 Å². The number of allylic oxidation sites excluding steroid dienone is 1. The molecule has 5 rings (SSSR count). The summed E-state index contributed by atoms with van der Waals surface area (Å²) in [5.41, 5.74) is 5.12. The van der Waals surface area contributed by atoms with Gasteiger partial charge < -0.3 is 25.1 Å². The van der Waals surface area contributed by atoms with E-state index in [4.69, 9.17) is 19.9 Å². The highest BCUT2D eigenvalue weighted by atomic mass is 19.1. The normalized spacial score (nSPS) is 27.1. The molecule has 1 unspecified atom stereocenters. The van der Waals surface area contributed by atoms with Crippen molar-refractivity contribution in [3.63, 3.8) is 0 Å². The van der Waals surface area contributed by atoms with Gasteiger partial charge in [0.05, 0.1) is 6.61 Å². The maximum absolute atomic E-state index is 13.3. The third kappa shape index (κ3) is 3.07. The fraction of sp³-hybridized carbons (Fsp3) is 0.350.